The van der Waals surface area contributed by atoms with Gasteiger partial charge >= 0.3 is 87.5 Å². The van der Waals surface area contributed by atoms with Crippen LogP contribution >= 0.6 is 0 Å². The average molecular weight is 286 g/mol. The van der Waals surface area contributed by atoms with Gasteiger partial charge in [-0.05, 0) is 0 Å². The minimum absolute atomic E-state index is 0. The Hall–Kier alpha value is 0.951. The summed E-state index contributed by atoms with van der Waals surface area (Å²) in [4.78, 5) is 0. The standard InChI is InChI=1S/C9H15OSi.2ClH.Ti/c1-11(2,3)10-8-9-6-4-5-7-9;;;/h4,6H,5,8H2,1-3H3;2*1H;/q;;;+2/p-2. The van der Waals surface area contributed by atoms with E-state index in [4.69, 9.17) is 4.43 Å². The molecule has 0 heterocycles. The van der Waals surface area contributed by atoms with Crippen LogP contribution in [0.4, 0.5) is 0 Å². The van der Waals surface area contributed by atoms with Gasteiger partial charge in [0.05, 0.1) is 0 Å². The summed E-state index contributed by atoms with van der Waals surface area (Å²) in [6, 6.07) is 0. The Balaban J connectivity index is 0. The molecule has 1 aliphatic carbocycles. The van der Waals surface area contributed by atoms with E-state index in [1.165, 1.54) is 9.45 Å². The van der Waals surface area contributed by atoms with Crippen molar-refractivity contribution in [2.24, 2.45) is 0 Å². The Kier molecular flexibility index (Phi) is 9.00. The minimum Gasteiger partial charge on any atom is -1.00 e. The molecule has 0 N–H and O–H groups in total. The van der Waals surface area contributed by atoms with Gasteiger partial charge in [0, 0.05) is 0 Å². The zero-order valence-corrected chi connectivity index (χ0v) is 12.8. The van der Waals surface area contributed by atoms with Crippen LogP contribution in [0.15, 0.2) is 21.6 Å². The molecular weight excluding hydrogens is 271 g/mol. The monoisotopic (exact) mass is 285 g/mol. The summed E-state index contributed by atoms with van der Waals surface area (Å²) >= 11 is 2.18. The SMILES string of the molecule is C[Si](C)(C)OCC1=[C]([Ti+2])CC=C1.[Cl-].[Cl-]. The summed E-state index contributed by atoms with van der Waals surface area (Å²) in [5.74, 6) is 0. The maximum atomic E-state index is 5.81. The zero-order valence-electron chi connectivity index (χ0n) is 8.73. The second-order valence-corrected chi connectivity index (χ2v) is 9.47. The maximum absolute atomic E-state index is 5.81. The van der Waals surface area contributed by atoms with Gasteiger partial charge < -0.3 is 24.8 Å². The molecule has 0 unspecified atom stereocenters. The summed E-state index contributed by atoms with van der Waals surface area (Å²) in [7, 11) is -1.32. The number of rotatable bonds is 3. The second kappa shape index (κ2) is 7.26. The first-order chi connectivity index (χ1) is 5.49. The molecule has 1 aliphatic rings. The molecule has 0 aromatic carbocycles. The van der Waals surface area contributed by atoms with E-state index in [-0.39, 0.29) is 24.8 Å². The number of hydrogen-bond donors (Lipinski definition) is 0. The first kappa shape index (κ1) is 17.3. The molecule has 0 bridgehead atoms. The van der Waals surface area contributed by atoms with Gasteiger partial charge in [-0.15, -0.1) is 0 Å². The van der Waals surface area contributed by atoms with Gasteiger partial charge in [0.25, 0.3) is 0 Å². The normalized spacial score (nSPS) is 15.2. The van der Waals surface area contributed by atoms with Crippen molar-refractivity contribution in [1.29, 1.82) is 0 Å². The van der Waals surface area contributed by atoms with Gasteiger partial charge in [0.15, 0.2) is 0 Å². The van der Waals surface area contributed by atoms with E-state index in [0.29, 0.717) is 0 Å². The summed E-state index contributed by atoms with van der Waals surface area (Å²) in [5.41, 5.74) is 1.39. The first-order valence-corrected chi connectivity index (χ1v) is 8.42. The Morgan fingerprint density at radius 3 is 2.29 bits per heavy atom. The Labute approximate surface area is 112 Å². The van der Waals surface area contributed by atoms with Crippen molar-refractivity contribution in [1.82, 2.24) is 0 Å². The van der Waals surface area contributed by atoms with Crippen LogP contribution in [0, 0.1) is 0 Å². The summed E-state index contributed by atoms with van der Waals surface area (Å²) in [6.07, 6.45) is 5.51. The van der Waals surface area contributed by atoms with Crippen LogP contribution in [0.3, 0.4) is 0 Å². The van der Waals surface area contributed by atoms with Crippen molar-refractivity contribution in [2.45, 2.75) is 26.1 Å². The summed E-state index contributed by atoms with van der Waals surface area (Å²) in [6.45, 7) is 7.49. The van der Waals surface area contributed by atoms with Crippen molar-refractivity contribution < 1.29 is 49.7 Å². The molecule has 5 heteroatoms. The van der Waals surface area contributed by atoms with Crippen LogP contribution in [0.1, 0.15) is 6.42 Å². The van der Waals surface area contributed by atoms with Crippen LogP contribution in [0.2, 0.25) is 19.6 Å². The van der Waals surface area contributed by atoms with Gasteiger partial charge in [-0.25, -0.2) is 0 Å². The molecule has 79 valence electrons. The van der Waals surface area contributed by atoms with Crippen molar-refractivity contribution in [3.8, 4) is 0 Å². The molecule has 0 spiro atoms. The average Bonchev–Trinajstić information content (AvgIpc) is 2.29. The Morgan fingerprint density at radius 1 is 1.36 bits per heavy atom. The quantitative estimate of drug-likeness (QED) is 0.492. The molecule has 1 rings (SSSR count). The molecule has 0 atom stereocenters. The molecule has 0 aromatic heterocycles. The third kappa shape index (κ3) is 6.44. The fraction of sp³-hybridized carbons (Fsp3) is 0.556. The number of hydrogen-bond acceptors (Lipinski definition) is 1. The number of allylic oxidation sites excluding steroid dienone is 2. The predicted molar refractivity (Wildman–Crippen MR) is 50.1 cm³/mol. The van der Waals surface area contributed by atoms with Crippen LogP contribution < -0.4 is 24.8 Å². The summed E-state index contributed by atoms with van der Waals surface area (Å²) in [5, 5.41) is 0. The van der Waals surface area contributed by atoms with E-state index in [0.717, 1.165) is 13.0 Å². The van der Waals surface area contributed by atoms with Gasteiger partial charge in [-0.2, -0.15) is 0 Å². The third-order valence-electron chi connectivity index (χ3n) is 1.69. The fourth-order valence-electron chi connectivity index (χ4n) is 0.980. The van der Waals surface area contributed by atoms with Gasteiger partial charge in [-0.3, -0.25) is 0 Å². The van der Waals surface area contributed by atoms with E-state index in [9.17, 15) is 0 Å². The Bertz CT molecular complexity index is 233. The molecule has 0 fully saturated rings. The topological polar surface area (TPSA) is 9.23 Å². The van der Waals surface area contributed by atoms with Gasteiger partial charge in [0.2, 0.25) is 0 Å². The van der Waals surface area contributed by atoms with E-state index < -0.39 is 8.32 Å². The number of halogens is 2. The van der Waals surface area contributed by atoms with E-state index in [1.54, 1.807) is 0 Å². The molecule has 0 aromatic rings. The van der Waals surface area contributed by atoms with E-state index >= 15 is 0 Å². The molecule has 0 radical (unpaired) electrons. The minimum atomic E-state index is -1.32. The molecule has 0 amide bonds. The van der Waals surface area contributed by atoms with Crippen LogP contribution in [0.25, 0.3) is 0 Å². The molecule has 1 nitrogen and oxygen atoms in total. The largest absolute Gasteiger partial charge is 1.00 e. The third-order valence-corrected chi connectivity index (χ3v) is 3.52. The van der Waals surface area contributed by atoms with Crippen LogP contribution in [-0.4, -0.2) is 14.9 Å². The smallest absolute Gasteiger partial charge is 1.00 e. The van der Waals surface area contributed by atoms with E-state index in [1.807, 2.05) is 0 Å². The molecule has 14 heavy (non-hydrogen) atoms. The molecule has 0 saturated carbocycles. The Morgan fingerprint density at radius 2 is 1.93 bits per heavy atom. The van der Waals surface area contributed by atoms with Crippen molar-refractivity contribution in [2.75, 3.05) is 6.61 Å². The summed E-state index contributed by atoms with van der Waals surface area (Å²) < 4.78 is 7.28. The van der Waals surface area contributed by atoms with E-state index in [2.05, 4.69) is 52.2 Å². The molecule has 0 saturated heterocycles. The fourth-order valence-corrected chi connectivity index (χ4v) is 2.00. The van der Waals surface area contributed by atoms with Crippen molar-refractivity contribution in [3.05, 3.63) is 21.6 Å². The molecular formula is C9H15Cl2OSiTi. The predicted octanol–water partition coefficient (Wildman–Crippen LogP) is -3.39. The maximum Gasteiger partial charge on any atom is -1.00 e. The van der Waals surface area contributed by atoms with Crippen molar-refractivity contribution >= 4 is 8.32 Å². The van der Waals surface area contributed by atoms with Gasteiger partial charge in [0.1, 0.15) is 0 Å². The second-order valence-electron chi connectivity index (χ2n) is 4.01. The zero-order chi connectivity index (χ0) is 9.19. The van der Waals surface area contributed by atoms with Gasteiger partial charge in [-0.1, -0.05) is 0 Å². The van der Waals surface area contributed by atoms with Crippen molar-refractivity contribution in [3.63, 3.8) is 0 Å². The molecule has 0 aliphatic heterocycles. The first-order valence-electron chi connectivity index (χ1n) is 4.23. The van der Waals surface area contributed by atoms with Crippen LogP contribution in [-0.2, 0) is 24.9 Å². The van der Waals surface area contributed by atoms with Crippen LogP contribution in [0.5, 0.6) is 0 Å².